The molecule has 30 heavy (non-hydrogen) atoms. The molecule has 0 unspecified atom stereocenters. The molecule has 0 aromatic carbocycles. The second-order valence-corrected chi connectivity index (χ2v) is 9.29. The van der Waals surface area contributed by atoms with Crippen LogP contribution in [0.5, 0.6) is 0 Å². The van der Waals surface area contributed by atoms with E-state index in [1.807, 2.05) is 13.8 Å². The lowest BCUT2D eigenvalue weighted by Gasteiger charge is -2.43. The lowest BCUT2D eigenvalue weighted by Crippen LogP contribution is -2.41. The first-order valence-electron chi connectivity index (χ1n) is 11.3. The quantitative estimate of drug-likeness (QED) is 0.464. The molecule has 0 amide bonds. The Bertz CT molecular complexity index is 654. The summed E-state index contributed by atoms with van der Waals surface area (Å²) in [5, 5.41) is 28.9. The monoisotopic (exact) mass is 422 g/mol. The molecule has 0 bridgehead atoms. The molecule has 0 saturated carbocycles. The molecule has 0 aromatic heterocycles. The van der Waals surface area contributed by atoms with E-state index in [0.717, 1.165) is 19.3 Å². The van der Waals surface area contributed by atoms with Gasteiger partial charge in [0.25, 0.3) is 0 Å². The summed E-state index contributed by atoms with van der Waals surface area (Å²) in [5.41, 5.74) is 1.21. The van der Waals surface area contributed by atoms with E-state index in [2.05, 4.69) is 32.1 Å². The highest BCUT2D eigenvalue weighted by Crippen LogP contribution is 2.45. The van der Waals surface area contributed by atoms with Crippen LogP contribution in [0.15, 0.2) is 23.8 Å². The first kappa shape index (κ1) is 24.6. The minimum absolute atomic E-state index is 0.0556. The van der Waals surface area contributed by atoms with Crippen molar-refractivity contribution in [1.29, 1.82) is 0 Å². The molecule has 8 atom stereocenters. The lowest BCUT2D eigenvalue weighted by molar-refractivity contribution is -0.158. The van der Waals surface area contributed by atoms with Crippen LogP contribution in [0.4, 0.5) is 0 Å². The normalized spacial score (nSPS) is 31.3. The molecule has 0 saturated heterocycles. The Kier molecular flexibility index (Phi) is 9.10. The first-order valence-corrected chi connectivity index (χ1v) is 11.3. The predicted octanol–water partition coefficient (Wildman–Crippen LogP) is 3.72. The Morgan fingerprint density at radius 3 is 2.57 bits per heavy atom. The number of carbonyl (C=O) groups excluding carboxylic acids is 1. The van der Waals surface area contributed by atoms with E-state index in [1.54, 1.807) is 0 Å². The second-order valence-electron chi connectivity index (χ2n) is 9.29. The van der Waals surface area contributed by atoms with Crippen molar-refractivity contribution in [2.45, 2.75) is 84.5 Å². The summed E-state index contributed by atoms with van der Waals surface area (Å²) in [5.74, 6) is -0.406. The van der Waals surface area contributed by atoms with E-state index in [-0.39, 0.29) is 48.6 Å². The van der Waals surface area contributed by atoms with Gasteiger partial charge in [0.2, 0.25) is 0 Å². The minimum Gasteiger partial charge on any atom is -0.481 e. The number of ether oxygens (including phenoxy) is 1. The number of aliphatic hydroxyl groups is 2. The zero-order valence-electron chi connectivity index (χ0n) is 18.7. The smallest absolute Gasteiger partial charge is 0.308 e. The molecule has 0 aromatic rings. The Morgan fingerprint density at radius 1 is 1.23 bits per heavy atom. The van der Waals surface area contributed by atoms with Gasteiger partial charge in [-0.05, 0) is 55.4 Å². The van der Waals surface area contributed by atoms with E-state index in [9.17, 15) is 19.8 Å². The van der Waals surface area contributed by atoms with Crippen molar-refractivity contribution in [3.05, 3.63) is 23.8 Å². The molecule has 6 heteroatoms. The number of esters is 1. The van der Waals surface area contributed by atoms with Crippen LogP contribution >= 0.6 is 0 Å². The SMILES string of the molecule is CC[C@@H](C)C(=O)O[C@@H]1C[C@H](C)C=C2C=C[C@@H](C)[C@@H](CC[C@@H](O)C[C@@H](O)CC(=O)O)[C@@H]21. The number of allylic oxidation sites excluding steroid dienone is 3. The van der Waals surface area contributed by atoms with Crippen LogP contribution in [0.2, 0.25) is 0 Å². The van der Waals surface area contributed by atoms with Gasteiger partial charge in [-0.2, -0.15) is 0 Å². The predicted molar refractivity (Wildman–Crippen MR) is 115 cm³/mol. The molecule has 0 radical (unpaired) electrons. The molecule has 0 aliphatic heterocycles. The van der Waals surface area contributed by atoms with E-state index in [4.69, 9.17) is 9.84 Å². The first-order chi connectivity index (χ1) is 14.1. The largest absolute Gasteiger partial charge is 0.481 e. The molecular weight excluding hydrogens is 384 g/mol. The summed E-state index contributed by atoms with van der Waals surface area (Å²) in [7, 11) is 0. The Balaban J connectivity index is 2.09. The average Bonchev–Trinajstić information content (AvgIpc) is 2.65. The van der Waals surface area contributed by atoms with Gasteiger partial charge in [0.15, 0.2) is 0 Å². The van der Waals surface area contributed by atoms with Gasteiger partial charge in [-0.25, -0.2) is 0 Å². The van der Waals surface area contributed by atoms with Crippen LogP contribution in [0.3, 0.4) is 0 Å². The van der Waals surface area contributed by atoms with Gasteiger partial charge in [-0.1, -0.05) is 45.9 Å². The van der Waals surface area contributed by atoms with Gasteiger partial charge in [0.1, 0.15) is 6.10 Å². The molecule has 0 spiro atoms. The fourth-order valence-electron chi connectivity index (χ4n) is 4.76. The summed E-state index contributed by atoms with van der Waals surface area (Å²) in [4.78, 5) is 23.2. The molecule has 0 fully saturated rings. The maximum absolute atomic E-state index is 12.5. The number of aliphatic hydroxyl groups excluding tert-OH is 2. The van der Waals surface area contributed by atoms with Gasteiger partial charge in [-0.3, -0.25) is 9.59 Å². The third kappa shape index (κ3) is 6.67. The fraction of sp³-hybridized carbons (Fsp3) is 0.750. The van der Waals surface area contributed by atoms with Crippen molar-refractivity contribution >= 4 is 11.9 Å². The zero-order chi connectivity index (χ0) is 22.4. The summed E-state index contributed by atoms with van der Waals surface area (Å²) in [6.45, 7) is 8.16. The number of fused-ring (bicyclic) bond motifs is 1. The zero-order valence-corrected chi connectivity index (χ0v) is 18.7. The number of aliphatic carboxylic acids is 1. The van der Waals surface area contributed by atoms with Crippen LogP contribution in [-0.4, -0.2) is 45.6 Å². The topological polar surface area (TPSA) is 104 Å². The van der Waals surface area contributed by atoms with E-state index in [0.29, 0.717) is 12.3 Å². The molecular formula is C24H38O6. The fourth-order valence-corrected chi connectivity index (χ4v) is 4.76. The van der Waals surface area contributed by atoms with Crippen molar-refractivity contribution in [2.75, 3.05) is 0 Å². The summed E-state index contributed by atoms with van der Waals surface area (Å²) in [6, 6.07) is 0. The minimum atomic E-state index is -1.07. The molecule has 3 N–H and O–H groups in total. The number of carboxylic acids is 1. The van der Waals surface area contributed by atoms with Crippen LogP contribution in [0.25, 0.3) is 0 Å². The summed E-state index contributed by atoms with van der Waals surface area (Å²) < 4.78 is 6.00. The number of hydrogen-bond acceptors (Lipinski definition) is 5. The van der Waals surface area contributed by atoms with Crippen molar-refractivity contribution in [3.63, 3.8) is 0 Å². The Morgan fingerprint density at radius 2 is 1.93 bits per heavy atom. The van der Waals surface area contributed by atoms with Crippen LogP contribution in [0, 0.1) is 29.6 Å². The summed E-state index contributed by atoms with van der Waals surface area (Å²) in [6.07, 6.45) is 7.07. The maximum Gasteiger partial charge on any atom is 0.308 e. The van der Waals surface area contributed by atoms with E-state index in [1.165, 1.54) is 5.57 Å². The highest BCUT2D eigenvalue weighted by atomic mass is 16.5. The van der Waals surface area contributed by atoms with Gasteiger partial charge in [-0.15, -0.1) is 0 Å². The number of carbonyl (C=O) groups is 2. The third-order valence-corrected chi connectivity index (χ3v) is 6.67. The van der Waals surface area contributed by atoms with Gasteiger partial charge in [0.05, 0.1) is 24.5 Å². The van der Waals surface area contributed by atoms with Crippen LogP contribution < -0.4 is 0 Å². The van der Waals surface area contributed by atoms with Crippen LogP contribution in [-0.2, 0) is 14.3 Å². The standard InChI is InChI=1S/C24H38O6/c1-5-15(3)24(29)30-21-11-14(2)10-17-7-6-16(4)20(23(17)21)9-8-18(25)12-19(26)13-22(27)28/h6-7,10,14-16,18-21,23,25-26H,5,8-9,11-13H2,1-4H3,(H,27,28)/t14-,15-,16-,18-,19-,20-,21-,23-/m1/s1. The number of rotatable bonds is 10. The highest BCUT2D eigenvalue weighted by molar-refractivity contribution is 5.72. The Labute approximate surface area is 180 Å². The molecule has 6 nitrogen and oxygen atoms in total. The van der Waals surface area contributed by atoms with Gasteiger partial charge < -0.3 is 20.1 Å². The van der Waals surface area contributed by atoms with Crippen molar-refractivity contribution in [3.8, 4) is 0 Å². The number of carboxylic acid groups (broad SMARTS) is 1. The van der Waals surface area contributed by atoms with Gasteiger partial charge >= 0.3 is 11.9 Å². The van der Waals surface area contributed by atoms with Crippen molar-refractivity contribution < 1.29 is 29.6 Å². The average molecular weight is 423 g/mol. The molecule has 170 valence electrons. The van der Waals surface area contributed by atoms with Crippen LogP contribution in [0.1, 0.15) is 66.2 Å². The third-order valence-electron chi connectivity index (χ3n) is 6.67. The van der Waals surface area contributed by atoms with E-state index < -0.39 is 18.2 Å². The molecule has 2 aliphatic rings. The maximum atomic E-state index is 12.5. The van der Waals surface area contributed by atoms with Gasteiger partial charge in [0, 0.05) is 5.92 Å². The van der Waals surface area contributed by atoms with Crippen molar-refractivity contribution in [1.82, 2.24) is 0 Å². The Hall–Kier alpha value is -1.66. The lowest BCUT2D eigenvalue weighted by atomic mass is 9.65. The molecule has 2 aliphatic carbocycles. The second kappa shape index (κ2) is 11.1. The molecule has 2 rings (SSSR count). The molecule has 0 heterocycles. The number of hydrogen-bond donors (Lipinski definition) is 3. The van der Waals surface area contributed by atoms with E-state index >= 15 is 0 Å². The van der Waals surface area contributed by atoms with Crippen molar-refractivity contribution in [2.24, 2.45) is 29.6 Å². The highest BCUT2D eigenvalue weighted by Gasteiger charge is 2.41. The summed E-state index contributed by atoms with van der Waals surface area (Å²) >= 11 is 0.